The van der Waals surface area contributed by atoms with Gasteiger partial charge < -0.3 is 69.3 Å². The lowest BCUT2D eigenvalue weighted by atomic mass is 10.1. The van der Waals surface area contributed by atoms with Crippen LogP contribution < -0.4 is 31.7 Å². The van der Waals surface area contributed by atoms with Gasteiger partial charge >= 0.3 is 5.97 Å². The van der Waals surface area contributed by atoms with Gasteiger partial charge in [0.05, 0.1) is 97.4 Å². The first-order valence-electron chi connectivity index (χ1n) is 25.5. The summed E-state index contributed by atoms with van der Waals surface area (Å²) in [6, 6.07) is 11.2. The van der Waals surface area contributed by atoms with Crippen molar-refractivity contribution in [2.45, 2.75) is 52.0 Å². The van der Waals surface area contributed by atoms with E-state index in [-0.39, 0.29) is 55.8 Å². The predicted octanol–water partition coefficient (Wildman–Crippen LogP) is 0.948. The molecule has 0 aliphatic rings. The summed E-state index contributed by atoms with van der Waals surface area (Å²) in [5, 5.41) is 20.8. The molecule has 0 radical (unpaired) electrons. The Kier molecular flexibility index (Phi) is 28.0. The molecule has 0 saturated heterocycles. The molecule has 4 amide bonds. The lowest BCUT2D eigenvalue weighted by molar-refractivity contribution is -0.142. The molecule has 5 rings (SSSR count). The molecule has 418 valence electrons. The molecule has 4 heterocycles. The maximum atomic E-state index is 12.6. The van der Waals surface area contributed by atoms with Crippen molar-refractivity contribution in [3.8, 4) is 17.3 Å². The molecule has 0 saturated carbocycles. The molecule has 0 bridgehead atoms. The van der Waals surface area contributed by atoms with Gasteiger partial charge in [0, 0.05) is 66.1 Å². The quantitative estimate of drug-likeness (QED) is 0.0268. The second-order valence-corrected chi connectivity index (χ2v) is 17.1. The third kappa shape index (κ3) is 23.4. The summed E-state index contributed by atoms with van der Waals surface area (Å²) >= 11 is 0. The first-order valence-corrected chi connectivity index (χ1v) is 25.5. The fourth-order valence-electron chi connectivity index (χ4n) is 7.18. The van der Waals surface area contributed by atoms with Gasteiger partial charge in [-0.3, -0.25) is 28.9 Å². The number of benzene rings is 1. The van der Waals surface area contributed by atoms with E-state index in [0.717, 1.165) is 30.2 Å². The number of carbonyl (C=O) groups is 5. The van der Waals surface area contributed by atoms with Gasteiger partial charge in [0.25, 0.3) is 5.91 Å². The summed E-state index contributed by atoms with van der Waals surface area (Å²) < 4.78 is 52.3. The van der Waals surface area contributed by atoms with E-state index in [9.17, 15) is 24.0 Å². The molecular weight excluding hydrogens is 993 g/mol. The number of fused-ring (bicyclic) bond motifs is 3. The van der Waals surface area contributed by atoms with Crippen LogP contribution in [0.25, 0.3) is 28.3 Å². The molecule has 0 atom stereocenters. The van der Waals surface area contributed by atoms with Crippen molar-refractivity contribution < 1.29 is 66.3 Å². The van der Waals surface area contributed by atoms with E-state index in [2.05, 4.69) is 41.4 Å². The second kappa shape index (κ2) is 35.4. The lowest BCUT2D eigenvalue weighted by Crippen LogP contribution is -2.45. The molecule has 5 aromatic rings. The minimum atomic E-state index is -0.565. The van der Waals surface area contributed by atoms with Gasteiger partial charge in [0.1, 0.15) is 5.75 Å². The summed E-state index contributed by atoms with van der Waals surface area (Å²) in [4.78, 5) is 70.8. The van der Waals surface area contributed by atoms with Gasteiger partial charge in [-0.15, -0.1) is 5.10 Å². The summed E-state index contributed by atoms with van der Waals surface area (Å²) in [7, 11) is 1.24. The van der Waals surface area contributed by atoms with Crippen molar-refractivity contribution in [2.24, 2.45) is 0 Å². The van der Waals surface area contributed by atoms with Crippen LogP contribution in [0.5, 0.6) is 5.75 Å². The van der Waals surface area contributed by atoms with Crippen LogP contribution in [0, 0.1) is 0 Å². The zero-order valence-corrected chi connectivity index (χ0v) is 43.6. The SMILES string of the molecule is COC(=O)CN(CC(=O)NCCCOCCOCCOCCCNC(C)=O)CC(=O)NCCCOCCOCCOCCCNC(=O)COc1ccc(CCCn2ncc3c2nc(N)n2nc(-c4ccco4)nc32)cc1. The molecule has 0 aliphatic carbocycles. The van der Waals surface area contributed by atoms with E-state index in [1.807, 2.05) is 28.9 Å². The third-order valence-corrected chi connectivity index (χ3v) is 11.0. The number of aryl methyl sites for hydroxylation is 2. The van der Waals surface area contributed by atoms with E-state index < -0.39 is 5.97 Å². The van der Waals surface area contributed by atoms with Gasteiger partial charge in [0.2, 0.25) is 29.5 Å². The molecule has 0 spiro atoms. The Balaban J connectivity index is 0.785. The molecule has 26 nitrogen and oxygen atoms in total. The van der Waals surface area contributed by atoms with E-state index in [4.69, 9.17) is 48.0 Å². The number of esters is 1. The Labute approximate surface area is 441 Å². The molecule has 0 aliphatic heterocycles. The number of methoxy groups -OCH3 is 1. The van der Waals surface area contributed by atoms with Crippen molar-refractivity contribution in [1.29, 1.82) is 0 Å². The highest BCUT2D eigenvalue weighted by Gasteiger charge is 2.19. The Morgan fingerprint density at radius 3 is 1.71 bits per heavy atom. The highest BCUT2D eigenvalue weighted by atomic mass is 16.6. The Hall–Kier alpha value is -6.81. The van der Waals surface area contributed by atoms with Gasteiger partial charge in [-0.2, -0.15) is 14.6 Å². The number of ether oxygens (including phenoxy) is 8. The van der Waals surface area contributed by atoms with Crippen molar-refractivity contribution in [3.05, 3.63) is 54.4 Å². The zero-order chi connectivity index (χ0) is 54.0. The van der Waals surface area contributed by atoms with Crippen LogP contribution in [0.4, 0.5) is 5.95 Å². The molecule has 26 heteroatoms. The number of nitrogens with zero attached hydrogens (tertiary/aromatic N) is 7. The van der Waals surface area contributed by atoms with Gasteiger partial charge in [-0.05, 0) is 68.4 Å². The molecular formula is C50H74N12O14. The number of hydrogen-bond acceptors (Lipinski definition) is 20. The highest BCUT2D eigenvalue weighted by Crippen LogP contribution is 2.24. The zero-order valence-electron chi connectivity index (χ0n) is 43.6. The number of amides is 4. The Bertz CT molecular complexity index is 2470. The minimum absolute atomic E-state index is 0.0598. The number of nitrogen functional groups attached to an aromatic ring is 1. The number of rotatable bonds is 42. The minimum Gasteiger partial charge on any atom is -0.484 e. The molecule has 1 aromatic carbocycles. The smallest absolute Gasteiger partial charge is 0.319 e. The monoisotopic (exact) mass is 1070 g/mol. The first-order chi connectivity index (χ1) is 37.1. The highest BCUT2D eigenvalue weighted by molar-refractivity contribution is 5.90. The molecule has 0 fully saturated rings. The maximum Gasteiger partial charge on any atom is 0.319 e. The van der Waals surface area contributed by atoms with Crippen LogP contribution in [-0.4, -0.2) is 203 Å². The van der Waals surface area contributed by atoms with Crippen LogP contribution in [0.15, 0.2) is 53.3 Å². The number of nitrogens with two attached hydrogens (primary N) is 1. The van der Waals surface area contributed by atoms with Gasteiger partial charge in [0.15, 0.2) is 23.7 Å². The first kappa shape index (κ1) is 60.1. The summed E-state index contributed by atoms with van der Waals surface area (Å²) in [5.74, 6) is 0.226. The Morgan fingerprint density at radius 1 is 0.645 bits per heavy atom. The maximum absolute atomic E-state index is 12.6. The summed E-state index contributed by atoms with van der Waals surface area (Å²) in [5.41, 5.74) is 8.52. The van der Waals surface area contributed by atoms with Crippen molar-refractivity contribution in [1.82, 2.24) is 55.5 Å². The number of anilines is 1. The van der Waals surface area contributed by atoms with Crippen LogP contribution >= 0.6 is 0 Å². The van der Waals surface area contributed by atoms with Crippen LogP contribution in [0.1, 0.15) is 44.6 Å². The van der Waals surface area contributed by atoms with Crippen LogP contribution in [0.3, 0.4) is 0 Å². The third-order valence-electron chi connectivity index (χ3n) is 11.0. The fourth-order valence-corrected chi connectivity index (χ4v) is 7.18. The van der Waals surface area contributed by atoms with Gasteiger partial charge in [-0.1, -0.05) is 12.1 Å². The largest absolute Gasteiger partial charge is 0.484 e. The van der Waals surface area contributed by atoms with Crippen LogP contribution in [-0.2, 0) is 70.1 Å². The van der Waals surface area contributed by atoms with E-state index in [1.165, 1.54) is 23.4 Å². The lowest BCUT2D eigenvalue weighted by Gasteiger charge is -2.20. The molecule has 0 unspecified atom stereocenters. The fraction of sp³-hybridized carbons (Fsp3) is 0.580. The number of furan rings is 1. The summed E-state index contributed by atoms with van der Waals surface area (Å²) in [6.07, 6.45) is 7.37. The van der Waals surface area contributed by atoms with Crippen molar-refractivity contribution in [3.63, 3.8) is 0 Å². The number of aromatic nitrogens is 6. The van der Waals surface area contributed by atoms with Crippen molar-refractivity contribution in [2.75, 3.05) is 145 Å². The van der Waals surface area contributed by atoms with E-state index >= 15 is 0 Å². The van der Waals surface area contributed by atoms with Gasteiger partial charge in [-0.25, -0.2) is 9.67 Å². The second-order valence-electron chi connectivity index (χ2n) is 17.1. The Morgan fingerprint density at radius 2 is 1.18 bits per heavy atom. The van der Waals surface area contributed by atoms with E-state index in [1.54, 1.807) is 24.6 Å². The van der Waals surface area contributed by atoms with Crippen LogP contribution in [0.2, 0.25) is 0 Å². The summed E-state index contributed by atoms with van der Waals surface area (Å²) in [6.45, 7) is 8.28. The number of hydrogen-bond donors (Lipinski definition) is 5. The molecule has 4 aromatic heterocycles. The average molecular weight is 1070 g/mol. The van der Waals surface area contributed by atoms with Crippen molar-refractivity contribution >= 4 is 52.2 Å². The molecule has 6 N–H and O–H groups in total. The predicted molar refractivity (Wildman–Crippen MR) is 276 cm³/mol. The number of carbonyl (C=O) groups excluding carboxylic acids is 5. The topological polar surface area (TPSA) is 311 Å². The normalized spacial score (nSPS) is 11.4. The molecule has 76 heavy (non-hydrogen) atoms. The standard InChI is InChI=1S/C50H74N12O14/c1-38(63)52-15-5-20-69-25-29-73-30-26-70-21-6-16-53-43(64)34-60(36-46(67)68-2)35-44(65)54-17-7-22-71-27-31-74-32-28-72-23-8-18-55-45(66)37-76-40-13-11-39(12-14-40)9-3-19-61-48-41(33-56-61)49-57-47(42-10-4-24-75-42)59-62(49)50(51)58-48/h4,10-14,24,33H,3,5-9,15-23,25-32,34-37H2,1-2H3,(H2,51,58)(H,52,63)(H,53,64)(H,54,65)(H,55,66). The average Bonchev–Trinajstić information content (AvgIpc) is 4.20. The van der Waals surface area contributed by atoms with E-state index in [0.29, 0.717) is 160 Å². The number of nitrogens with one attached hydrogen (secondary N) is 4.